The van der Waals surface area contributed by atoms with E-state index in [2.05, 4.69) is 27.3 Å². The van der Waals surface area contributed by atoms with Crippen molar-refractivity contribution in [2.75, 3.05) is 5.73 Å². The Bertz CT molecular complexity index is 506. The number of nitrogens with one attached hydrogen (secondary N) is 1. The van der Waals surface area contributed by atoms with Crippen molar-refractivity contribution >= 4 is 5.95 Å². The van der Waals surface area contributed by atoms with Gasteiger partial charge in [0.25, 0.3) is 0 Å². The smallest absolute Gasteiger partial charge is 0.239 e. The molecule has 76 valence electrons. The summed E-state index contributed by atoms with van der Waals surface area (Å²) in [7, 11) is 0. The molecule has 0 saturated heterocycles. The van der Waals surface area contributed by atoms with Gasteiger partial charge in [-0.25, -0.2) is 0 Å². The molecule has 0 atom stereocenters. The molecule has 1 aliphatic heterocycles. The van der Waals surface area contributed by atoms with Gasteiger partial charge in [-0.05, 0) is 17.2 Å². The van der Waals surface area contributed by atoms with Gasteiger partial charge in [0.2, 0.25) is 5.95 Å². The third-order valence-electron chi connectivity index (χ3n) is 2.50. The Morgan fingerprint density at radius 2 is 2.13 bits per heavy atom. The summed E-state index contributed by atoms with van der Waals surface area (Å²) in [6.07, 6.45) is 0. The van der Waals surface area contributed by atoms with Crippen LogP contribution in [0.1, 0.15) is 11.1 Å². The summed E-state index contributed by atoms with van der Waals surface area (Å²) in [5.74, 6) is 0.962. The molecule has 15 heavy (non-hydrogen) atoms. The van der Waals surface area contributed by atoms with Crippen LogP contribution in [0.5, 0.6) is 0 Å². The summed E-state index contributed by atoms with van der Waals surface area (Å²) in [5, 5.41) is 6.58. The summed E-state index contributed by atoms with van der Waals surface area (Å²) in [6, 6.07) is 6.10. The number of nitrogens with two attached hydrogens (primary N) is 1. The maximum atomic E-state index is 5.45. The topological polar surface area (TPSA) is 76.8 Å². The number of benzene rings is 1. The van der Waals surface area contributed by atoms with Gasteiger partial charge in [0, 0.05) is 5.56 Å². The second kappa shape index (κ2) is 3.06. The van der Waals surface area contributed by atoms with E-state index in [9.17, 15) is 0 Å². The number of aromatic amines is 1. The van der Waals surface area contributed by atoms with Crippen molar-refractivity contribution in [2.45, 2.75) is 13.2 Å². The number of ether oxygens (including phenoxy) is 1. The van der Waals surface area contributed by atoms with Crippen LogP contribution in [0.15, 0.2) is 18.2 Å². The van der Waals surface area contributed by atoms with Crippen molar-refractivity contribution in [3.63, 3.8) is 0 Å². The molecule has 0 bridgehead atoms. The van der Waals surface area contributed by atoms with Crippen molar-refractivity contribution in [3.8, 4) is 11.4 Å². The Labute approximate surface area is 86.3 Å². The number of H-pyrrole nitrogens is 1. The summed E-state index contributed by atoms with van der Waals surface area (Å²) in [4.78, 5) is 4.08. The third-order valence-corrected chi connectivity index (χ3v) is 2.50. The number of rotatable bonds is 1. The van der Waals surface area contributed by atoms with E-state index in [0.717, 1.165) is 5.56 Å². The Balaban J connectivity index is 2.06. The Morgan fingerprint density at radius 1 is 1.27 bits per heavy atom. The molecule has 1 aromatic carbocycles. The predicted octanol–water partition coefficient (Wildman–Crippen LogP) is 1.08. The highest BCUT2D eigenvalue weighted by Crippen LogP contribution is 2.25. The van der Waals surface area contributed by atoms with Crippen molar-refractivity contribution in [2.24, 2.45) is 0 Å². The fourth-order valence-corrected chi connectivity index (χ4v) is 1.72. The molecule has 0 saturated carbocycles. The van der Waals surface area contributed by atoms with Crippen LogP contribution in [0.4, 0.5) is 5.95 Å². The molecule has 1 aromatic heterocycles. The summed E-state index contributed by atoms with van der Waals surface area (Å²) in [6.45, 7) is 1.38. The highest BCUT2D eigenvalue weighted by molar-refractivity contribution is 5.58. The molecular weight excluding hydrogens is 192 g/mol. The van der Waals surface area contributed by atoms with Crippen molar-refractivity contribution in [1.82, 2.24) is 15.2 Å². The normalized spacial score (nSPS) is 14.1. The first-order valence-corrected chi connectivity index (χ1v) is 4.71. The van der Waals surface area contributed by atoms with E-state index in [4.69, 9.17) is 10.5 Å². The Morgan fingerprint density at radius 3 is 2.93 bits per heavy atom. The van der Waals surface area contributed by atoms with Gasteiger partial charge in [0.15, 0.2) is 5.82 Å². The third kappa shape index (κ3) is 1.37. The molecule has 0 amide bonds. The number of nitrogens with zero attached hydrogens (tertiary/aromatic N) is 2. The fraction of sp³-hybridized carbons (Fsp3) is 0.200. The van der Waals surface area contributed by atoms with Crippen molar-refractivity contribution in [3.05, 3.63) is 29.3 Å². The number of hydrogen-bond acceptors (Lipinski definition) is 4. The van der Waals surface area contributed by atoms with E-state index in [1.165, 1.54) is 11.1 Å². The van der Waals surface area contributed by atoms with Crippen molar-refractivity contribution in [1.29, 1.82) is 0 Å². The number of fused-ring (bicyclic) bond motifs is 1. The molecule has 0 aliphatic carbocycles. The van der Waals surface area contributed by atoms with Crippen LogP contribution in [0.2, 0.25) is 0 Å². The number of aromatic nitrogens is 3. The van der Waals surface area contributed by atoms with Crippen molar-refractivity contribution < 1.29 is 4.74 Å². The van der Waals surface area contributed by atoms with Crippen LogP contribution in [0.25, 0.3) is 11.4 Å². The first kappa shape index (κ1) is 8.43. The molecule has 5 heteroatoms. The predicted molar refractivity (Wildman–Crippen MR) is 54.7 cm³/mol. The summed E-state index contributed by atoms with van der Waals surface area (Å²) in [5.41, 5.74) is 8.89. The average molecular weight is 202 g/mol. The largest absolute Gasteiger partial charge is 0.372 e. The van der Waals surface area contributed by atoms with E-state index in [1.807, 2.05) is 6.07 Å². The van der Waals surface area contributed by atoms with E-state index < -0.39 is 0 Å². The van der Waals surface area contributed by atoms with Gasteiger partial charge in [-0.2, -0.15) is 4.98 Å². The molecule has 0 spiro atoms. The molecule has 3 rings (SSSR count). The lowest BCUT2D eigenvalue weighted by molar-refractivity contribution is 0.134. The van der Waals surface area contributed by atoms with Gasteiger partial charge in [-0.15, -0.1) is 5.10 Å². The quantitative estimate of drug-likeness (QED) is 0.725. The highest BCUT2D eigenvalue weighted by atomic mass is 16.5. The fourth-order valence-electron chi connectivity index (χ4n) is 1.72. The van der Waals surface area contributed by atoms with Gasteiger partial charge < -0.3 is 10.5 Å². The van der Waals surface area contributed by atoms with Crippen LogP contribution < -0.4 is 5.73 Å². The molecule has 2 heterocycles. The zero-order valence-electron chi connectivity index (χ0n) is 8.03. The van der Waals surface area contributed by atoms with Gasteiger partial charge in [0.1, 0.15) is 0 Å². The van der Waals surface area contributed by atoms with Gasteiger partial charge >= 0.3 is 0 Å². The molecule has 0 radical (unpaired) electrons. The van der Waals surface area contributed by atoms with E-state index >= 15 is 0 Å². The highest BCUT2D eigenvalue weighted by Gasteiger charge is 2.12. The monoisotopic (exact) mass is 202 g/mol. The molecule has 0 unspecified atom stereocenters. The van der Waals surface area contributed by atoms with Crippen LogP contribution in [0, 0.1) is 0 Å². The number of hydrogen-bond donors (Lipinski definition) is 2. The zero-order valence-corrected chi connectivity index (χ0v) is 8.03. The molecule has 1 aliphatic rings. The number of anilines is 1. The lowest BCUT2D eigenvalue weighted by Crippen LogP contribution is -1.87. The lowest BCUT2D eigenvalue weighted by Gasteiger charge is -1.99. The lowest BCUT2D eigenvalue weighted by atomic mass is 10.1. The standard InChI is InChI=1S/C10H10N4O/c11-10-12-9(13-14-10)6-1-2-7-4-15-5-8(7)3-6/h1-3H,4-5H2,(H3,11,12,13,14). The molecule has 3 N–H and O–H groups in total. The summed E-state index contributed by atoms with van der Waals surface area (Å²) < 4.78 is 5.34. The SMILES string of the molecule is Nc1n[nH]c(-c2ccc3c(c2)COC3)n1. The molecule has 0 fully saturated rings. The molecule has 2 aromatic rings. The Kier molecular flexibility index (Phi) is 1.72. The first-order valence-electron chi connectivity index (χ1n) is 4.71. The minimum atomic E-state index is 0.266. The Hall–Kier alpha value is -1.88. The first-order chi connectivity index (χ1) is 7.33. The second-order valence-electron chi connectivity index (χ2n) is 3.52. The maximum Gasteiger partial charge on any atom is 0.239 e. The van der Waals surface area contributed by atoms with Gasteiger partial charge in [-0.1, -0.05) is 12.1 Å². The van der Waals surface area contributed by atoms with Crippen LogP contribution in [-0.2, 0) is 18.0 Å². The second-order valence-corrected chi connectivity index (χ2v) is 3.52. The zero-order chi connectivity index (χ0) is 10.3. The number of nitrogen functional groups attached to an aromatic ring is 1. The maximum absolute atomic E-state index is 5.45. The van der Waals surface area contributed by atoms with E-state index in [1.54, 1.807) is 0 Å². The molecular formula is C10H10N4O. The van der Waals surface area contributed by atoms with E-state index in [0.29, 0.717) is 19.0 Å². The molecule has 5 nitrogen and oxygen atoms in total. The minimum absolute atomic E-state index is 0.266. The van der Waals surface area contributed by atoms with Crippen LogP contribution in [-0.4, -0.2) is 15.2 Å². The summed E-state index contributed by atoms with van der Waals surface area (Å²) >= 11 is 0. The average Bonchev–Trinajstić information content (AvgIpc) is 2.84. The van der Waals surface area contributed by atoms with E-state index in [-0.39, 0.29) is 5.95 Å². The van der Waals surface area contributed by atoms with Crippen LogP contribution in [0.3, 0.4) is 0 Å². The van der Waals surface area contributed by atoms with Gasteiger partial charge in [-0.3, -0.25) is 5.10 Å². The minimum Gasteiger partial charge on any atom is -0.372 e. The van der Waals surface area contributed by atoms with Crippen LogP contribution >= 0.6 is 0 Å². The van der Waals surface area contributed by atoms with Gasteiger partial charge in [0.05, 0.1) is 13.2 Å².